The van der Waals surface area contributed by atoms with E-state index in [1.807, 2.05) is 21.8 Å². The Labute approximate surface area is 172 Å². The number of hydrogen-bond acceptors (Lipinski definition) is 3. The number of carbonyl (C=O) groups excluding carboxylic acids is 1. The van der Waals surface area contributed by atoms with Gasteiger partial charge in [-0.3, -0.25) is 9.79 Å². The van der Waals surface area contributed by atoms with Crippen LogP contribution in [-0.4, -0.2) is 52.7 Å². The predicted molar refractivity (Wildman–Crippen MR) is 114 cm³/mol. The molecule has 4 rings (SSSR count). The molecule has 7 nitrogen and oxygen atoms in total. The summed E-state index contributed by atoms with van der Waals surface area (Å²) in [6.07, 6.45) is 9.21. The summed E-state index contributed by atoms with van der Waals surface area (Å²) in [5.74, 6) is 1.39. The molecule has 2 aliphatic rings. The summed E-state index contributed by atoms with van der Waals surface area (Å²) in [6, 6.07) is 10.5. The molecule has 7 heteroatoms. The van der Waals surface area contributed by atoms with E-state index in [-0.39, 0.29) is 12.0 Å². The molecule has 2 N–H and O–H groups in total. The Hall–Kier alpha value is -2.83. The average Bonchev–Trinajstić information content (AvgIpc) is 3.53. The molecular weight excluding hydrogens is 364 g/mol. The Morgan fingerprint density at radius 2 is 2.00 bits per heavy atom. The molecule has 154 valence electrons. The van der Waals surface area contributed by atoms with Gasteiger partial charge >= 0.3 is 0 Å². The van der Waals surface area contributed by atoms with Gasteiger partial charge in [-0.2, -0.15) is 5.10 Å². The van der Waals surface area contributed by atoms with Gasteiger partial charge in [-0.25, -0.2) is 4.68 Å². The number of nitrogens with zero attached hydrogens (tertiary/aromatic N) is 4. The van der Waals surface area contributed by atoms with Gasteiger partial charge in [-0.15, -0.1) is 0 Å². The molecule has 1 saturated carbocycles. The van der Waals surface area contributed by atoms with E-state index in [1.165, 1.54) is 18.4 Å². The molecule has 1 amide bonds. The van der Waals surface area contributed by atoms with Crippen molar-refractivity contribution in [3.8, 4) is 5.69 Å². The van der Waals surface area contributed by atoms with E-state index < -0.39 is 0 Å². The first-order valence-corrected chi connectivity index (χ1v) is 10.6. The van der Waals surface area contributed by atoms with Crippen molar-refractivity contribution in [2.24, 2.45) is 10.9 Å². The van der Waals surface area contributed by atoms with Crippen molar-refractivity contribution in [1.82, 2.24) is 25.3 Å². The van der Waals surface area contributed by atoms with Gasteiger partial charge in [-0.05, 0) is 43.0 Å². The predicted octanol–water partition coefficient (Wildman–Crippen LogP) is 2.33. The topological polar surface area (TPSA) is 74.6 Å². The van der Waals surface area contributed by atoms with E-state index in [4.69, 9.17) is 0 Å². The van der Waals surface area contributed by atoms with E-state index in [0.717, 1.165) is 44.0 Å². The number of amides is 1. The monoisotopic (exact) mass is 394 g/mol. The molecule has 1 unspecified atom stereocenters. The molecule has 1 saturated heterocycles. The SMILES string of the molecule is CN=C(NCc1ccc(-n2cccn2)cc1)NC1CCN(C(=O)C2CCCC2)C1. The minimum atomic E-state index is 0.258. The van der Waals surface area contributed by atoms with E-state index in [9.17, 15) is 4.79 Å². The maximum Gasteiger partial charge on any atom is 0.225 e. The zero-order chi connectivity index (χ0) is 20.1. The summed E-state index contributed by atoms with van der Waals surface area (Å²) >= 11 is 0. The molecule has 0 radical (unpaired) electrons. The molecule has 1 aromatic heterocycles. The number of likely N-dealkylation sites (tertiary alicyclic amines) is 1. The molecule has 2 heterocycles. The summed E-state index contributed by atoms with van der Waals surface area (Å²) in [5, 5.41) is 11.1. The average molecular weight is 395 g/mol. The zero-order valence-electron chi connectivity index (χ0n) is 17.1. The third kappa shape index (κ3) is 4.78. The van der Waals surface area contributed by atoms with Gasteiger partial charge in [0.25, 0.3) is 0 Å². The van der Waals surface area contributed by atoms with Crippen molar-refractivity contribution in [3.63, 3.8) is 0 Å². The largest absolute Gasteiger partial charge is 0.352 e. The van der Waals surface area contributed by atoms with Gasteiger partial charge in [0.05, 0.1) is 5.69 Å². The Balaban J connectivity index is 1.25. The maximum absolute atomic E-state index is 12.6. The molecule has 2 fully saturated rings. The van der Waals surface area contributed by atoms with Crippen LogP contribution in [0.2, 0.25) is 0 Å². The van der Waals surface area contributed by atoms with Crippen LogP contribution in [0.15, 0.2) is 47.7 Å². The number of rotatable bonds is 5. The van der Waals surface area contributed by atoms with Crippen LogP contribution < -0.4 is 10.6 Å². The quantitative estimate of drug-likeness (QED) is 0.603. The van der Waals surface area contributed by atoms with Crippen molar-refractivity contribution in [2.45, 2.75) is 44.7 Å². The highest BCUT2D eigenvalue weighted by Gasteiger charge is 2.32. The Bertz CT molecular complexity index is 823. The first-order chi connectivity index (χ1) is 14.2. The fraction of sp³-hybridized carbons (Fsp3) is 0.500. The maximum atomic E-state index is 12.6. The van der Waals surface area contributed by atoms with Crippen LogP contribution in [0.3, 0.4) is 0 Å². The summed E-state index contributed by atoms with van der Waals surface area (Å²) in [4.78, 5) is 19.0. The van der Waals surface area contributed by atoms with Gasteiger partial charge in [0, 0.05) is 51.0 Å². The minimum absolute atomic E-state index is 0.258. The standard InChI is InChI=1S/C22H30N6O/c1-23-22(24-15-17-7-9-20(10-8-17)28-13-4-12-25-28)26-19-11-14-27(16-19)21(29)18-5-2-3-6-18/h4,7-10,12-13,18-19H,2-3,5-6,11,14-16H2,1H3,(H2,23,24,26). The molecule has 1 aromatic carbocycles. The number of benzene rings is 1. The number of hydrogen-bond donors (Lipinski definition) is 2. The molecule has 29 heavy (non-hydrogen) atoms. The lowest BCUT2D eigenvalue weighted by atomic mass is 10.1. The highest BCUT2D eigenvalue weighted by atomic mass is 16.2. The molecular formula is C22H30N6O. The van der Waals surface area contributed by atoms with Gasteiger partial charge in [0.2, 0.25) is 5.91 Å². The van der Waals surface area contributed by atoms with Crippen LogP contribution in [0, 0.1) is 5.92 Å². The lowest BCUT2D eigenvalue weighted by Gasteiger charge is -2.21. The van der Waals surface area contributed by atoms with E-state index in [1.54, 1.807) is 13.2 Å². The number of aromatic nitrogens is 2. The van der Waals surface area contributed by atoms with Gasteiger partial charge in [0.15, 0.2) is 5.96 Å². The van der Waals surface area contributed by atoms with Crippen molar-refractivity contribution in [2.75, 3.05) is 20.1 Å². The third-order valence-corrected chi connectivity index (χ3v) is 5.93. The van der Waals surface area contributed by atoms with Crippen molar-refractivity contribution < 1.29 is 4.79 Å². The summed E-state index contributed by atoms with van der Waals surface area (Å²) < 4.78 is 1.84. The van der Waals surface area contributed by atoms with E-state index >= 15 is 0 Å². The summed E-state index contributed by atoms with van der Waals surface area (Å²) in [7, 11) is 1.78. The van der Waals surface area contributed by atoms with Crippen molar-refractivity contribution in [3.05, 3.63) is 48.3 Å². The molecule has 1 aliphatic heterocycles. The highest BCUT2D eigenvalue weighted by Crippen LogP contribution is 2.27. The second-order valence-electron chi connectivity index (χ2n) is 7.94. The van der Waals surface area contributed by atoms with Gasteiger partial charge in [0.1, 0.15) is 0 Å². The van der Waals surface area contributed by atoms with Gasteiger partial charge < -0.3 is 15.5 Å². The van der Waals surface area contributed by atoms with E-state index in [2.05, 4.69) is 45.0 Å². The smallest absolute Gasteiger partial charge is 0.225 e. The molecule has 1 atom stereocenters. The fourth-order valence-electron chi connectivity index (χ4n) is 4.27. The van der Waals surface area contributed by atoms with Crippen molar-refractivity contribution in [1.29, 1.82) is 0 Å². The molecule has 0 bridgehead atoms. The Morgan fingerprint density at radius 1 is 1.21 bits per heavy atom. The van der Waals surface area contributed by atoms with Crippen LogP contribution in [0.5, 0.6) is 0 Å². The number of nitrogens with one attached hydrogen (secondary N) is 2. The lowest BCUT2D eigenvalue weighted by Crippen LogP contribution is -2.45. The Kier molecular flexibility index (Phi) is 6.12. The lowest BCUT2D eigenvalue weighted by molar-refractivity contribution is -0.134. The summed E-state index contributed by atoms with van der Waals surface area (Å²) in [6.45, 7) is 2.31. The molecule has 2 aromatic rings. The normalized spacial score (nSPS) is 20.2. The minimum Gasteiger partial charge on any atom is -0.352 e. The number of carbonyl (C=O) groups is 1. The van der Waals surface area contributed by atoms with Crippen LogP contribution in [0.1, 0.15) is 37.7 Å². The number of aliphatic imine (C=N–C) groups is 1. The third-order valence-electron chi connectivity index (χ3n) is 5.93. The number of guanidine groups is 1. The van der Waals surface area contributed by atoms with Crippen LogP contribution in [0.25, 0.3) is 5.69 Å². The van der Waals surface area contributed by atoms with Crippen LogP contribution >= 0.6 is 0 Å². The second-order valence-corrected chi connectivity index (χ2v) is 7.94. The first-order valence-electron chi connectivity index (χ1n) is 10.6. The summed E-state index contributed by atoms with van der Waals surface area (Å²) in [5.41, 5.74) is 2.22. The van der Waals surface area contributed by atoms with E-state index in [0.29, 0.717) is 12.5 Å². The van der Waals surface area contributed by atoms with Gasteiger partial charge in [-0.1, -0.05) is 25.0 Å². The molecule has 0 spiro atoms. The Morgan fingerprint density at radius 3 is 2.69 bits per heavy atom. The van der Waals surface area contributed by atoms with Crippen molar-refractivity contribution >= 4 is 11.9 Å². The second kappa shape index (κ2) is 9.11. The highest BCUT2D eigenvalue weighted by molar-refractivity contribution is 5.81. The van der Waals surface area contributed by atoms with Crippen LogP contribution in [0.4, 0.5) is 0 Å². The zero-order valence-corrected chi connectivity index (χ0v) is 17.1. The first kappa shape index (κ1) is 19.5. The fourth-order valence-corrected chi connectivity index (χ4v) is 4.27. The molecule has 1 aliphatic carbocycles. The van der Waals surface area contributed by atoms with Crippen LogP contribution in [-0.2, 0) is 11.3 Å².